The van der Waals surface area contributed by atoms with Crippen molar-refractivity contribution in [2.75, 3.05) is 50.0 Å². The summed E-state index contributed by atoms with van der Waals surface area (Å²) in [4.78, 5) is 11.1. The lowest BCUT2D eigenvalue weighted by atomic mass is 10.1. The van der Waals surface area contributed by atoms with Crippen LogP contribution in [0.25, 0.3) is 0 Å². The van der Waals surface area contributed by atoms with Crippen LogP contribution in [0.15, 0.2) is 30.3 Å². The van der Waals surface area contributed by atoms with Crippen molar-refractivity contribution in [1.82, 2.24) is 14.9 Å². The van der Waals surface area contributed by atoms with Crippen molar-refractivity contribution in [2.45, 2.75) is 19.6 Å². The molecule has 2 heterocycles. The SMILES string of the molecule is Cc1cc(NCc2cccc(C(F)(F)F)c2)nc(NCCN2CCOCC2)n1. The molecule has 152 valence electrons. The molecule has 6 nitrogen and oxygen atoms in total. The van der Waals surface area contributed by atoms with Gasteiger partial charge in [0.2, 0.25) is 5.95 Å². The number of anilines is 2. The van der Waals surface area contributed by atoms with Gasteiger partial charge in [0.15, 0.2) is 0 Å². The number of aromatic nitrogens is 2. The molecular formula is C19H24F3N5O. The number of hydrogen-bond acceptors (Lipinski definition) is 6. The van der Waals surface area contributed by atoms with E-state index in [-0.39, 0.29) is 6.54 Å². The average molecular weight is 395 g/mol. The first-order chi connectivity index (χ1) is 13.4. The lowest BCUT2D eigenvalue weighted by Crippen LogP contribution is -2.39. The third-order valence-electron chi connectivity index (χ3n) is 4.40. The van der Waals surface area contributed by atoms with Gasteiger partial charge in [-0.1, -0.05) is 12.1 Å². The molecule has 3 rings (SSSR count). The van der Waals surface area contributed by atoms with Crippen molar-refractivity contribution in [2.24, 2.45) is 0 Å². The van der Waals surface area contributed by atoms with Crippen LogP contribution in [-0.4, -0.2) is 54.3 Å². The van der Waals surface area contributed by atoms with Gasteiger partial charge in [0.1, 0.15) is 5.82 Å². The van der Waals surface area contributed by atoms with Crippen LogP contribution in [0.1, 0.15) is 16.8 Å². The van der Waals surface area contributed by atoms with Crippen LogP contribution in [0.5, 0.6) is 0 Å². The number of morpholine rings is 1. The molecule has 0 unspecified atom stereocenters. The van der Waals surface area contributed by atoms with Gasteiger partial charge in [0.25, 0.3) is 0 Å². The molecule has 2 aromatic rings. The molecule has 1 aromatic carbocycles. The maximum Gasteiger partial charge on any atom is 0.416 e. The summed E-state index contributed by atoms with van der Waals surface area (Å²) in [6, 6.07) is 7.03. The second-order valence-corrected chi connectivity index (χ2v) is 6.65. The van der Waals surface area contributed by atoms with Gasteiger partial charge in [-0.25, -0.2) is 4.98 Å². The topological polar surface area (TPSA) is 62.3 Å². The van der Waals surface area contributed by atoms with Gasteiger partial charge in [0, 0.05) is 44.5 Å². The van der Waals surface area contributed by atoms with E-state index in [1.54, 1.807) is 12.1 Å². The van der Waals surface area contributed by atoms with Gasteiger partial charge < -0.3 is 15.4 Å². The molecule has 1 aromatic heterocycles. The van der Waals surface area contributed by atoms with Crippen molar-refractivity contribution in [3.8, 4) is 0 Å². The highest BCUT2D eigenvalue weighted by Gasteiger charge is 2.30. The van der Waals surface area contributed by atoms with E-state index in [1.165, 1.54) is 6.07 Å². The van der Waals surface area contributed by atoms with Crippen molar-refractivity contribution < 1.29 is 17.9 Å². The Kier molecular flexibility index (Phi) is 6.69. The zero-order valence-electron chi connectivity index (χ0n) is 15.7. The Labute approximate surface area is 162 Å². The molecular weight excluding hydrogens is 371 g/mol. The van der Waals surface area contributed by atoms with Gasteiger partial charge in [-0.05, 0) is 24.6 Å². The highest BCUT2D eigenvalue weighted by Crippen LogP contribution is 2.29. The predicted molar refractivity (Wildman–Crippen MR) is 101 cm³/mol. The van der Waals surface area contributed by atoms with Crippen LogP contribution in [0.4, 0.5) is 24.9 Å². The van der Waals surface area contributed by atoms with Gasteiger partial charge in [-0.2, -0.15) is 18.2 Å². The Balaban J connectivity index is 1.55. The highest BCUT2D eigenvalue weighted by atomic mass is 19.4. The zero-order valence-corrected chi connectivity index (χ0v) is 15.7. The minimum atomic E-state index is -4.35. The normalized spacial score (nSPS) is 15.4. The zero-order chi connectivity index (χ0) is 20.0. The van der Waals surface area contributed by atoms with Gasteiger partial charge >= 0.3 is 6.18 Å². The van der Waals surface area contributed by atoms with E-state index in [1.807, 2.05) is 6.92 Å². The Bertz CT molecular complexity index is 778. The molecule has 1 fully saturated rings. The quantitative estimate of drug-likeness (QED) is 0.751. The molecule has 9 heteroatoms. The van der Waals surface area contributed by atoms with Gasteiger partial charge in [-0.15, -0.1) is 0 Å². The third-order valence-corrected chi connectivity index (χ3v) is 4.40. The maximum atomic E-state index is 12.8. The van der Waals surface area contributed by atoms with Crippen molar-refractivity contribution in [1.29, 1.82) is 0 Å². The number of rotatable bonds is 7. The van der Waals surface area contributed by atoms with E-state index in [9.17, 15) is 13.2 Å². The lowest BCUT2D eigenvalue weighted by Gasteiger charge is -2.26. The number of aryl methyl sites for hydroxylation is 1. The number of benzene rings is 1. The molecule has 0 amide bonds. The number of halogens is 3. The largest absolute Gasteiger partial charge is 0.416 e. The average Bonchev–Trinajstić information content (AvgIpc) is 2.66. The van der Waals surface area contributed by atoms with E-state index in [0.717, 1.165) is 50.7 Å². The lowest BCUT2D eigenvalue weighted by molar-refractivity contribution is -0.137. The van der Waals surface area contributed by atoms with E-state index in [4.69, 9.17) is 4.74 Å². The van der Waals surface area contributed by atoms with Crippen LogP contribution in [0.3, 0.4) is 0 Å². The second-order valence-electron chi connectivity index (χ2n) is 6.65. The van der Waals surface area contributed by atoms with Crippen LogP contribution in [-0.2, 0) is 17.5 Å². The van der Waals surface area contributed by atoms with E-state index >= 15 is 0 Å². The molecule has 1 saturated heterocycles. The molecule has 1 aliphatic heterocycles. The summed E-state index contributed by atoms with van der Waals surface area (Å²) in [6.07, 6.45) is -4.35. The molecule has 0 saturated carbocycles. The van der Waals surface area contributed by atoms with Gasteiger partial charge in [-0.3, -0.25) is 4.90 Å². The van der Waals surface area contributed by atoms with Crippen molar-refractivity contribution >= 4 is 11.8 Å². The van der Waals surface area contributed by atoms with Crippen LogP contribution >= 0.6 is 0 Å². The highest BCUT2D eigenvalue weighted by molar-refractivity contribution is 5.43. The van der Waals surface area contributed by atoms with Crippen LogP contribution in [0, 0.1) is 6.92 Å². The fourth-order valence-electron chi connectivity index (χ4n) is 2.94. The van der Waals surface area contributed by atoms with Crippen molar-refractivity contribution in [3.63, 3.8) is 0 Å². The summed E-state index contributed by atoms with van der Waals surface area (Å²) in [5, 5.41) is 6.28. The molecule has 0 radical (unpaired) electrons. The molecule has 2 N–H and O–H groups in total. The Hall–Kier alpha value is -2.39. The minimum Gasteiger partial charge on any atom is -0.379 e. The first-order valence-corrected chi connectivity index (χ1v) is 9.20. The summed E-state index contributed by atoms with van der Waals surface area (Å²) in [7, 11) is 0. The van der Waals surface area contributed by atoms with E-state index < -0.39 is 11.7 Å². The molecule has 28 heavy (non-hydrogen) atoms. The molecule has 0 atom stereocenters. The van der Waals surface area contributed by atoms with E-state index in [2.05, 4.69) is 25.5 Å². The molecule has 0 aliphatic carbocycles. The molecule has 1 aliphatic rings. The fourth-order valence-corrected chi connectivity index (χ4v) is 2.94. The van der Waals surface area contributed by atoms with E-state index in [0.29, 0.717) is 23.9 Å². The molecule has 0 spiro atoms. The minimum absolute atomic E-state index is 0.244. The number of nitrogens with one attached hydrogen (secondary N) is 2. The number of alkyl halides is 3. The Morgan fingerprint density at radius 2 is 1.89 bits per heavy atom. The van der Waals surface area contributed by atoms with Crippen LogP contribution < -0.4 is 10.6 Å². The van der Waals surface area contributed by atoms with Gasteiger partial charge in [0.05, 0.1) is 18.8 Å². The van der Waals surface area contributed by atoms with Crippen molar-refractivity contribution in [3.05, 3.63) is 47.2 Å². The summed E-state index contributed by atoms with van der Waals surface area (Å²) < 4.78 is 43.8. The standard InChI is InChI=1S/C19H24F3N5O/c1-14-11-17(24-13-15-3-2-4-16(12-15)19(20,21)22)26-18(25-14)23-5-6-27-7-9-28-10-8-27/h2-4,11-12H,5-10,13H2,1H3,(H2,23,24,25,26). The third kappa shape index (κ3) is 6.07. The second kappa shape index (κ2) is 9.20. The first-order valence-electron chi connectivity index (χ1n) is 9.20. The summed E-state index contributed by atoms with van der Waals surface area (Å²) in [5.74, 6) is 1.07. The first kappa shape index (κ1) is 20.3. The smallest absolute Gasteiger partial charge is 0.379 e. The predicted octanol–water partition coefficient (Wildman–Crippen LogP) is 3.16. The monoisotopic (exact) mass is 395 g/mol. The Morgan fingerprint density at radius 1 is 1.11 bits per heavy atom. The maximum absolute atomic E-state index is 12.8. The number of nitrogens with zero attached hydrogens (tertiary/aromatic N) is 3. The summed E-state index contributed by atoms with van der Waals surface area (Å²) in [5.41, 5.74) is 0.652. The number of ether oxygens (including phenoxy) is 1. The fraction of sp³-hybridized carbons (Fsp3) is 0.474. The summed E-state index contributed by atoms with van der Waals surface area (Å²) in [6.45, 7) is 7.01. The van der Waals surface area contributed by atoms with Crippen LogP contribution in [0.2, 0.25) is 0 Å². The number of hydrogen-bond donors (Lipinski definition) is 2. The summed E-state index contributed by atoms with van der Waals surface area (Å²) >= 11 is 0. The Morgan fingerprint density at radius 3 is 2.64 bits per heavy atom. The molecule has 0 bridgehead atoms.